The van der Waals surface area contributed by atoms with Crippen molar-refractivity contribution in [1.82, 2.24) is 10.6 Å². The Bertz CT molecular complexity index is 851. The molecule has 2 amide bonds. The quantitative estimate of drug-likeness (QED) is 0.335. The number of ether oxygens (including phenoxy) is 2. The van der Waals surface area contributed by atoms with Crippen LogP contribution in [0.2, 0.25) is 0 Å². The van der Waals surface area contributed by atoms with Gasteiger partial charge in [0.15, 0.2) is 0 Å². The SMILES string of the molecule is CCc1ccc(OC(=O)NCCCCCCNC(=O)Oc2ccc(CC)cc2CC)c(CC)c1. The lowest BCUT2D eigenvalue weighted by molar-refractivity contribution is 0.198. The Kier molecular flexibility index (Phi) is 12.0. The molecular formula is C28H40N2O4. The van der Waals surface area contributed by atoms with Crippen LogP contribution in [0, 0.1) is 0 Å². The van der Waals surface area contributed by atoms with E-state index >= 15 is 0 Å². The number of unbranched alkanes of at least 4 members (excludes halogenated alkanes) is 3. The molecule has 186 valence electrons. The van der Waals surface area contributed by atoms with Crippen LogP contribution in [0.4, 0.5) is 9.59 Å². The number of benzene rings is 2. The highest BCUT2D eigenvalue weighted by Gasteiger charge is 2.10. The number of carbonyl (C=O) groups excluding carboxylic acids is 2. The fourth-order valence-corrected chi connectivity index (χ4v) is 3.71. The maximum atomic E-state index is 12.1. The minimum absolute atomic E-state index is 0.415. The van der Waals surface area contributed by atoms with Crippen LogP contribution in [-0.2, 0) is 25.7 Å². The third-order valence-electron chi connectivity index (χ3n) is 5.88. The Morgan fingerprint density at radius 2 is 1.03 bits per heavy atom. The highest BCUT2D eigenvalue weighted by molar-refractivity contribution is 5.71. The molecule has 0 bridgehead atoms. The first kappa shape index (κ1) is 27.2. The third kappa shape index (κ3) is 9.08. The summed E-state index contributed by atoms with van der Waals surface area (Å²) in [6.45, 7) is 9.46. The van der Waals surface area contributed by atoms with Gasteiger partial charge >= 0.3 is 12.2 Å². The zero-order valence-corrected chi connectivity index (χ0v) is 21.2. The van der Waals surface area contributed by atoms with Crippen LogP contribution in [0.25, 0.3) is 0 Å². The highest BCUT2D eigenvalue weighted by atomic mass is 16.6. The molecule has 0 fully saturated rings. The van der Waals surface area contributed by atoms with Crippen molar-refractivity contribution in [2.24, 2.45) is 0 Å². The molecule has 6 heteroatoms. The van der Waals surface area contributed by atoms with E-state index in [1.165, 1.54) is 11.1 Å². The zero-order valence-electron chi connectivity index (χ0n) is 21.2. The summed E-state index contributed by atoms with van der Waals surface area (Å²) in [6, 6.07) is 11.9. The van der Waals surface area contributed by atoms with E-state index < -0.39 is 12.2 Å². The molecule has 2 aromatic carbocycles. The minimum Gasteiger partial charge on any atom is -0.410 e. The summed E-state index contributed by atoms with van der Waals surface area (Å²) in [6.07, 6.45) is 6.37. The van der Waals surface area contributed by atoms with E-state index in [0.29, 0.717) is 24.6 Å². The van der Waals surface area contributed by atoms with Gasteiger partial charge in [-0.3, -0.25) is 0 Å². The van der Waals surface area contributed by atoms with E-state index in [9.17, 15) is 9.59 Å². The predicted octanol–water partition coefficient (Wildman–Crippen LogP) is 6.37. The standard InChI is InChI=1S/C28H40N2O4/c1-5-21-13-15-25(23(7-3)19-21)33-27(31)29-17-11-9-10-12-18-30-28(32)34-26-16-14-22(6-2)20-24(26)8-4/h13-16,19-20H,5-12,17-18H2,1-4H3,(H,29,31)(H,30,32). The van der Waals surface area contributed by atoms with Crippen LogP contribution in [0.5, 0.6) is 11.5 Å². The number of aryl methyl sites for hydroxylation is 4. The van der Waals surface area contributed by atoms with Gasteiger partial charge in [-0.2, -0.15) is 0 Å². The van der Waals surface area contributed by atoms with Crippen molar-refractivity contribution < 1.29 is 19.1 Å². The summed E-state index contributed by atoms with van der Waals surface area (Å²) in [7, 11) is 0. The fourth-order valence-electron chi connectivity index (χ4n) is 3.71. The molecule has 2 aromatic rings. The lowest BCUT2D eigenvalue weighted by Crippen LogP contribution is -2.28. The van der Waals surface area contributed by atoms with Gasteiger partial charge in [-0.25, -0.2) is 9.59 Å². The summed E-state index contributed by atoms with van der Waals surface area (Å²) in [4.78, 5) is 24.2. The van der Waals surface area contributed by atoms with Gasteiger partial charge in [-0.1, -0.05) is 64.8 Å². The van der Waals surface area contributed by atoms with Crippen LogP contribution < -0.4 is 20.1 Å². The van der Waals surface area contributed by atoms with Crippen molar-refractivity contribution in [2.75, 3.05) is 13.1 Å². The first-order valence-electron chi connectivity index (χ1n) is 12.7. The van der Waals surface area contributed by atoms with Gasteiger partial charge in [-0.15, -0.1) is 0 Å². The third-order valence-corrected chi connectivity index (χ3v) is 5.88. The van der Waals surface area contributed by atoms with Crippen LogP contribution in [0.15, 0.2) is 36.4 Å². The molecular weight excluding hydrogens is 428 g/mol. The molecule has 0 spiro atoms. The van der Waals surface area contributed by atoms with Crippen molar-refractivity contribution in [2.45, 2.75) is 79.1 Å². The fraction of sp³-hybridized carbons (Fsp3) is 0.500. The molecule has 0 unspecified atom stereocenters. The van der Waals surface area contributed by atoms with E-state index in [0.717, 1.165) is 62.5 Å². The Balaban J connectivity index is 1.57. The van der Waals surface area contributed by atoms with Crippen molar-refractivity contribution in [3.8, 4) is 11.5 Å². The second-order valence-electron chi connectivity index (χ2n) is 8.35. The number of rotatable bonds is 13. The Morgan fingerprint density at radius 1 is 0.618 bits per heavy atom. The van der Waals surface area contributed by atoms with Gasteiger partial charge in [0.2, 0.25) is 0 Å². The van der Waals surface area contributed by atoms with Gasteiger partial charge in [0.05, 0.1) is 0 Å². The summed E-state index contributed by atoms with van der Waals surface area (Å²) in [5.41, 5.74) is 4.57. The monoisotopic (exact) mass is 468 g/mol. The molecule has 0 aliphatic heterocycles. The highest BCUT2D eigenvalue weighted by Crippen LogP contribution is 2.22. The van der Waals surface area contributed by atoms with Crippen molar-refractivity contribution in [3.63, 3.8) is 0 Å². The van der Waals surface area contributed by atoms with Crippen molar-refractivity contribution in [1.29, 1.82) is 0 Å². The van der Waals surface area contributed by atoms with E-state index in [2.05, 4.69) is 50.5 Å². The van der Waals surface area contributed by atoms with E-state index in [-0.39, 0.29) is 0 Å². The van der Waals surface area contributed by atoms with Gasteiger partial charge in [0, 0.05) is 13.1 Å². The van der Waals surface area contributed by atoms with Crippen molar-refractivity contribution in [3.05, 3.63) is 58.7 Å². The largest absolute Gasteiger partial charge is 0.412 e. The van der Waals surface area contributed by atoms with Crippen LogP contribution in [-0.4, -0.2) is 25.3 Å². The average Bonchev–Trinajstić information content (AvgIpc) is 2.86. The topological polar surface area (TPSA) is 76.7 Å². The van der Waals surface area contributed by atoms with E-state index in [1.54, 1.807) is 0 Å². The maximum absolute atomic E-state index is 12.1. The van der Waals surface area contributed by atoms with E-state index in [1.807, 2.05) is 24.3 Å². The molecule has 0 saturated heterocycles. The number of nitrogens with one attached hydrogen (secondary N) is 2. The minimum atomic E-state index is -0.415. The Morgan fingerprint density at radius 3 is 1.38 bits per heavy atom. The number of hydrogen-bond acceptors (Lipinski definition) is 4. The second kappa shape index (κ2) is 15.0. The lowest BCUT2D eigenvalue weighted by Gasteiger charge is -2.12. The van der Waals surface area contributed by atoms with Crippen LogP contribution in [0.1, 0.15) is 75.6 Å². The molecule has 0 atom stereocenters. The van der Waals surface area contributed by atoms with Gasteiger partial charge in [-0.05, 0) is 72.9 Å². The molecule has 2 N–H and O–H groups in total. The van der Waals surface area contributed by atoms with Gasteiger partial charge < -0.3 is 20.1 Å². The molecule has 0 radical (unpaired) electrons. The number of amides is 2. The summed E-state index contributed by atoms with van der Waals surface area (Å²) >= 11 is 0. The molecule has 6 nitrogen and oxygen atoms in total. The lowest BCUT2D eigenvalue weighted by atomic mass is 10.1. The normalized spacial score (nSPS) is 10.6. The average molecular weight is 469 g/mol. The Hall–Kier alpha value is -3.02. The van der Waals surface area contributed by atoms with Gasteiger partial charge in [0.25, 0.3) is 0 Å². The molecule has 0 saturated carbocycles. The van der Waals surface area contributed by atoms with Crippen LogP contribution in [0.3, 0.4) is 0 Å². The first-order valence-corrected chi connectivity index (χ1v) is 12.7. The Labute approximate surface area is 204 Å². The second-order valence-corrected chi connectivity index (χ2v) is 8.35. The van der Waals surface area contributed by atoms with E-state index in [4.69, 9.17) is 9.47 Å². The predicted molar refractivity (Wildman–Crippen MR) is 137 cm³/mol. The number of carbonyl (C=O) groups is 2. The first-order chi connectivity index (χ1) is 16.5. The molecule has 34 heavy (non-hydrogen) atoms. The van der Waals surface area contributed by atoms with Crippen molar-refractivity contribution >= 4 is 12.2 Å². The summed E-state index contributed by atoms with van der Waals surface area (Å²) in [5.74, 6) is 1.25. The summed E-state index contributed by atoms with van der Waals surface area (Å²) < 4.78 is 10.9. The maximum Gasteiger partial charge on any atom is 0.412 e. The molecule has 0 heterocycles. The van der Waals surface area contributed by atoms with Crippen LogP contribution >= 0.6 is 0 Å². The molecule has 0 aromatic heterocycles. The molecule has 0 aliphatic carbocycles. The smallest absolute Gasteiger partial charge is 0.410 e. The summed E-state index contributed by atoms with van der Waals surface area (Å²) in [5, 5.41) is 5.63. The number of hydrogen-bond donors (Lipinski definition) is 2. The molecule has 0 aliphatic rings. The van der Waals surface area contributed by atoms with Gasteiger partial charge in [0.1, 0.15) is 11.5 Å². The zero-order chi connectivity index (χ0) is 24.8. The molecule has 2 rings (SSSR count).